The Morgan fingerprint density at radius 2 is 1.97 bits per heavy atom. The number of hydrogen-bond donors (Lipinski definition) is 2. The van der Waals surface area contributed by atoms with Crippen LogP contribution in [0, 0.1) is 40.9 Å². The van der Waals surface area contributed by atoms with Crippen molar-refractivity contribution in [3.05, 3.63) is 82.5 Å². The lowest BCUT2D eigenvalue weighted by Gasteiger charge is -2.45. The number of benzene rings is 1. The largest absolute Gasteiger partial charge is 0.478 e. The minimum Gasteiger partial charge on any atom is -0.478 e. The molecule has 0 saturated carbocycles. The van der Waals surface area contributed by atoms with Crippen LogP contribution >= 0.6 is 0 Å². The fourth-order valence-electron chi connectivity index (χ4n) is 4.75. The maximum Gasteiger partial charge on any atom is 0.337 e. The van der Waals surface area contributed by atoms with E-state index in [-0.39, 0.29) is 11.3 Å². The van der Waals surface area contributed by atoms with Gasteiger partial charge >= 0.3 is 5.97 Å². The molecule has 1 aliphatic heterocycles. The van der Waals surface area contributed by atoms with Crippen molar-refractivity contribution in [3.63, 3.8) is 0 Å². The standard InChI is InChI=1S/C24H22N4O3/c1-15-7-8-19(31-15)21-18-12-28(11-16-5-3-2-4-6-16)10-9-17(18)20(23(29)30)22(27)24(21,13-25)14-26/h2-9,18,21H,10-12,27H2,1H3,(H,29,30). The smallest absolute Gasteiger partial charge is 0.337 e. The highest BCUT2D eigenvalue weighted by molar-refractivity contribution is 5.94. The van der Waals surface area contributed by atoms with Crippen molar-refractivity contribution in [2.24, 2.45) is 17.1 Å². The molecular formula is C24H22N4O3. The summed E-state index contributed by atoms with van der Waals surface area (Å²) in [6, 6.07) is 17.6. The highest BCUT2D eigenvalue weighted by Crippen LogP contribution is 2.54. The summed E-state index contributed by atoms with van der Waals surface area (Å²) in [5, 5.41) is 30.1. The first-order valence-electron chi connectivity index (χ1n) is 10.0. The Hall–Kier alpha value is -3.81. The zero-order valence-corrected chi connectivity index (χ0v) is 17.1. The van der Waals surface area contributed by atoms with Crippen LogP contribution in [0.1, 0.15) is 23.0 Å². The van der Waals surface area contributed by atoms with E-state index in [0.29, 0.717) is 36.7 Å². The van der Waals surface area contributed by atoms with Crippen molar-refractivity contribution >= 4 is 5.97 Å². The van der Waals surface area contributed by atoms with Gasteiger partial charge in [0.05, 0.1) is 29.3 Å². The van der Waals surface area contributed by atoms with Gasteiger partial charge in [0.1, 0.15) is 11.5 Å². The Morgan fingerprint density at radius 1 is 1.26 bits per heavy atom. The minimum absolute atomic E-state index is 0.132. The Morgan fingerprint density at radius 3 is 2.55 bits per heavy atom. The van der Waals surface area contributed by atoms with Gasteiger partial charge in [-0.25, -0.2) is 4.79 Å². The molecule has 1 aromatic carbocycles. The summed E-state index contributed by atoms with van der Waals surface area (Å²) in [5.41, 5.74) is 5.74. The van der Waals surface area contributed by atoms with Gasteiger partial charge in [-0.05, 0) is 30.2 Å². The second-order valence-corrected chi connectivity index (χ2v) is 8.00. The quantitative estimate of drug-likeness (QED) is 0.787. The summed E-state index contributed by atoms with van der Waals surface area (Å²) in [7, 11) is 0. The summed E-state index contributed by atoms with van der Waals surface area (Å²) in [6.45, 7) is 3.47. The molecule has 3 N–H and O–H groups in total. The maximum atomic E-state index is 12.1. The van der Waals surface area contributed by atoms with E-state index in [4.69, 9.17) is 10.2 Å². The molecule has 31 heavy (non-hydrogen) atoms. The summed E-state index contributed by atoms with van der Waals surface area (Å²) >= 11 is 0. The monoisotopic (exact) mass is 414 g/mol. The van der Waals surface area contributed by atoms with E-state index in [1.165, 1.54) is 0 Å². The molecule has 2 aromatic rings. The lowest BCUT2D eigenvalue weighted by molar-refractivity contribution is -0.132. The van der Waals surface area contributed by atoms with E-state index in [2.05, 4.69) is 4.90 Å². The van der Waals surface area contributed by atoms with Crippen LogP contribution in [0.3, 0.4) is 0 Å². The zero-order chi connectivity index (χ0) is 22.2. The molecule has 2 aliphatic rings. The number of nitrogens with two attached hydrogens (primary N) is 1. The molecule has 1 aliphatic carbocycles. The van der Waals surface area contributed by atoms with Crippen molar-refractivity contribution < 1.29 is 14.3 Å². The van der Waals surface area contributed by atoms with E-state index in [9.17, 15) is 20.4 Å². The normalized spacial score (nSPS) is 22.7. The predicted molar refractivity (Wildman–Crippen MR) is 112 cm³/mol. The molecule has 0 amide bonds. The topological polar surface area (TPSA) is 127 Å². The molecule has 0 radical (unpaired) electrons. The Bertz CT molecular complexity index is 1150. The zero-order valence-electron chi connectivity index (χ0n) is 17.1. The third-order valence-electron chi connectivity index (χ3n) is 6.16. The van der Waals surface area contributed by atoms with Crippen LogP contribution in [0.15, 0.2) is 69.8 Å². The van der Waals surface area contributed by atoms with E-state index in [1.54, 1.807) is 19.1 Å². The minimum atomic E-state index is -1.84. The molecule has 156 valence electrons. The highest BCUT2D eigenvalue weighted by Gasteiger charge is 2.56. The molecule has 1 aromatic heterocycles. The van der Waals surface area contributed by atoms with E-state index < -0.39 is 23.2 Å². The fraction of sp³-hybridized carbons (Fsp3) is 0.292. The second kappa shape index (κ2) is 7.79. The third-order valence-corrected chi connectivity index (χ3v) is 6.16. The number of aliphatic carboxylic acids is 1. The van der Waals surface area contributed by atoms with Crippen LogP contribution in [-0.4, -0.2) is 29.1 Å². The van der Waals surface area contributed by atoms with Crippen molar-refractivity contribution in [1.29, 1.82) is 10.5 Å². The van der Waals surface area contributed by atoms with Gasteiger partial charge < -0.3 is 15.3 Å². The number of hydrogen-bond acceptors (Lipinski definition) is 6. The molecule has 7 heteroatoms. The molecule has 7 nitrogen and oxygen atoms in total. The van der Waals surface area contributed by atoms with E-state index in [0.717, 1.165) is 5.56 Å². The number of carboxylic acids is 1. The molecule has 0 fully saturated rings. The molecule has 0 bridgehead atoms. The van der Waals surface area contributed by atoms with Gasteiger partial charge in [-0.15, -0.1) is 0 Å². The van der Waals surface area contributed by atoms with Gasteiger partial charge in [-0.1, -0.05) is 36.4 Å². The maximum absolute atomic E-state index is 12.1. The fourth-order valence-corrected chi connectivity index (χ4v) is 4.75. The van der Waals surface area contributed by atoms with Crippen LogP contribution in [0.2, 0.25) is 0 Å². The van der Waals surface area contributed by atoms with E-state index in [1.807, 2.05) is 48.5 Å². The van der Waals surface area contributed by atoms with Crippen molar-refractivity contribution in [2.75, 3.05) is 13.1 Å². The van der Waals surface area contributed by atoms with Gasteiger partial charge in [-0.2, -0.15) is 10.5 Å². The van der Waals surface area contributed by atoms with Crippen LogP contribution in [0.25, 0.3) is 0 Å². The first-order valence-corrected chi connectivity index (χ1v) is 10.0. The Labute approximate surface area is 180 Å². The summed E-state index contributed by atoms with van der Waals surface area (Å²) in [4.78, 5) is 14.3. The molecular weight excluding hydrogens is 392 g/mol. The van der Waals surface area contributed by atoms with Crippen LogP contribution in [0.4, 0.5) is 0 Å². The number of carboxylic acid groups (broad SMARTS) is 1. The second-order valence-electron chi connectivity index (χ2n) is 8.00. The molecule has 4 rings (SSSR count). The Kier molecular flexibility index (Phi) is 5.14. The molecule has 0 spiro atoms. The number of fused-ring (bicyclic) bond motifs is 1. The van der Waals surface area contributed by atoms with Crippen LogP contribution in [0.5, 0.6) is 0 Å². The van der Waals surface area contributed by atoms with Gasteiger partial charge in [0.15, 0.2) is 5.41 Å². The van der Waals surface area contributed by atoms with Crippen molar-refractivity contribution in [3.8, 4) is 12.1 Å². The Balaban J connectivity index is 1.86. The first kappa shape index (κ1) is 20.5. The number of rotatable bonds is 4. The number of carbonyl (C=O) groups is 1. The average Bonchev–Trinajstić information content (AvgIpc) is 3.19. The molecule has 2 unspecified atom stereocenters. The number of nitrogens with zero attached hydrogens (tertiary/aromatic N) is 3. The average molecular weight is 414 g/mol. The number of allylic oxidation sites excluding steroid dienone is 1. The number of aryl methyl sites for hydroxylation is 1. The van der Waals surface area contributed by atoms with Gasteiger partial charge in [0.25, 0.3) is 0 Å². The SMILES string of the molecule is Cc1ccc(C2C3CN(Cc4ccccc4)CC=C3C(C(=O)O)=C(N)C2(C#N)C#N)o1. The lowest BCUT2D eigenvalue weighted by atomic mass is 9.59. The predicted octanol–water partition coefficient (Wildman–Crippen LogP) is 3.07. The lowest BCUT2D eigenvalue weighted by Crippen LogP contribution is -2.48. The number of furan rings is 1. The summed E-state index contributed by atoms with van der Waals surface area (Å²) in [5.74, 6) is -1.27. The van der Waals surface area contributed by atoms with Crippen LogP contribution < -0.4 is 5.73 Å². The van der Waals surface area contributed by atoms with Crippen molar-refractivity contribution in [2.45, 2.75) is 19.4 Å². The van der Waals surface area contributed by atoms with Crippen molar-refractivity contribution in [1.82, 2.24) is 4.90 Å². The summed E-state index contributed by atoms with van der Waals surface area (Å²) in [6.07, 6.45) is 1.86. The first-order chi connectivity index (χ1) is 14.9. The third kappa shape index (κ3) is 3.30. The molecule has 2 atom stereocenters. The molecule has 2 heterocycles. The van der Waals surface area contributed by atoms with Gasteiger partial charge in [0.2, 0.25) is 0 Å². The van der Waals surface area contributed by atoms with E-state index >= 15 is 0 Å². The number of nitriles is 2. The molecule has 0 saturated heterocycles. The van der Waals surface area contributed by atoms with Gasteiger partial charge in [-0.3, -0.25) is 4.90 Å². The highest BCUT2D eigenvalue weighted by atomic mass is 16.4. The van der Waals surface area contributed by atoms with Crippen LogP contribution in [-0.2, 0) is 11.3 Å². The summed E-state index contributed by atoms with van der Waals surface area (Å²) < 4.78 is 5.85. The van der Waals surface area contributed by atoms with Gasteiger partial charge in [0, 0.05) is 25.6 Å².